The number of nitrogens with one attached hydrogen (secondary N) is 1. The van der Waals surface area contributed by atoms with Crippen molar-refractivity contribution in [2.75, 3.05) is 18.5 Å². The molecule has 2 aromatic heterocycles. The highest BCUT2D eigenvalue weighted by Gasteiger charge is 2.34. The van der Waals surface area contributed by atoms with Crippen LogP contribution in [0.1, 0.15) is 25.5 Å². The molecular formula is C23H24N4O3S. The molecule has 1 unspecified atom stereocenters. The van der Waals surface area contributed by atoms with E-state index in [-0.39, 0.29) is 18.2 Å². The lowest BCUT2D eigenvalue weighted by Crippen LogP contribution is -2.28. The minimum atomic E-state index is -0.390. The third kappa shape index (κ3) is 5.27. The molecule has 1 aliphatic heterocycles. The molecule has 31 heavy (non-hydrogen) atoms. The Kier molecular flexibility index (Phi) is 6.57. The number of amides is 2. The molecule has 160 valence electrons. The standard InChI is InChI=1S/C23H24N4O3S/c1-2-11-30-19-8-6-16(7-9-19)20-15-31-23(25-20)26-22(29)17-12-21(28)27(13-17)14-18-5-3-4-10-24-18/h3-10,15,17H,2,11-14H2,1H3,(H,25,26,29). The topological polar surface area (TPSA) is 84.4 Å². The molecule has 1 N–H and O–H groups in total. The van der Waals surface area contributed by atoms with Crippen molar-refractivity contribution >= 4 is 28.3 Å². The molecule has 1 fully saturated rings. The molecule has 0 bridgehead atoms. The molecule has 2 amide bonds. The largest absolute Gasteiger partial charge is 0.494 e. The summed E-state index contributed by atoms with van der Waals surface area (Å²) >= 11 is 1.37. The van der Waals surface area contributed by atoms with Crippen LogP contribution in [0.25, 0.3) is 11.3 Å². The van der Waals surface area contributed by atoms with Crippen molar-refractivity contribution in [2.24, 2.45) is 5.92 Å². The second-order valence-electron chi connectivity index (χ2n) is 7.40. The Morgan fingerprint density at radius 3 is 2.84 bits per heavy atom. The monoisotopic (exact) mass is 436 g/mol. The molecule has 1 aromatic carbocycles. The second-order valence-corrected chi connectivity index (χ2v) is 8.25. The number of carbonyl (C=O) groups is 2. The van der Waals surface area contributed by atoms with Crippen LogP contribution in [0, 0.1) is 5.92 Å². The van der Waals surface area contributed by atoms with Gasteiger partial charge in [-0.15, -0.1) is 11.3 Å². The number of aromatic nitrogens is 2. The predicted molar refractivity (Wildman–Crippen MR) is 120 cm³/mol. The van der Waals surface area contributed by atoms with Crippen LogP contribution in [0.3, 0.4) is 0 Å². The maximum atomic E-state index is 12.7. The number of ether oxygens (including phenoxy) is 1. The fourth-order valence-corrected chi connectivity index (χ4v) is 4.12. The van der Waals surface area contributed by atoms with E-state index in [0.29, 0.717) is 24.8 Å². The Morgan fingerprint density at radius 1 is 1.26 bits per heavy atom. The summed E-state index contributed by atoms with van der Waals surface area (Å²) in [6.07, 6.45) is 2.87. The smallest absolute Gasteiger partial charge is 0.231 e. The van der Waals surface area contributed by atoms with Crippen LogP contribution in [0.5, 0.6) is 5.75 Å². The average Bonchev–Trinajstić information content (AvgIpc) is 3.40. The minimum Gasteiger partial charge on any atom is -0.494 e. The van der Waals surface area contributed by atoms with Crippen LogP contribution < -0.4 is 10.1 Å². The van der Waals surface area contributed by atoms with E-state index in [1.807, 2.05) is 47.8 Å². The number of likely N-dealkylation sites (tertiary alicyclic amines) is 1. The van der Waals surface area contributed by atoms with Gasteiger partial charge in [-0.25, -0.2) is 4.98 Å². The highest BCUT2D eigenvalue weighted by Crippen LogP contribution is 2.28. The first-order valence-electron chi connectivity index (χ1n) is 10.3. The Labute approximate surface area is 185 Å². The number of anilines is 1. The van der Waals surface area contributed by atoms with Crippen LogP contribution in [0.4, 0.5) is 5.13 Å². The van der Waals surface area contributed by atoms with E-state index in [9.17, 15) is 9.59 Å². The summed E-state index contributed by atoms with van der Waals surface area (Å²) in [6.45, 7) is 3.57. The van der Waals surface area contributed by atoms with Crippen molar-refractivity contribution in [2.45, 2.75) is 26.3 Å². The lowest BCUT2D eigenvalue weighted by Gasteiger charge is -2.15. The fourth-order valence-electron chi connectivity index (χ4n) is 3.40. The summed E-state index contributed by atoms with van der Waals surface area (Å²) in [5, 5.41) is 5.30. The summed E-state index contributed by atoms with van der Waals surface area (Å²) in [7, 11) is 0. The van der Waals surface area contributed by atoms with Crippen LogP contribution in [0.15, 0.2) is 54.0 Å². The molecule has 0 saturated carbocycles. The molecular weight excluding hydrogens is 412 g/mol. The Morgan fingerprint density at radius 2 is 2.10 bits per heavy atom. The molecule has 1 aliphatic rings. The number of benzene rings is 1. The molecule has 0 aliphatic carbocycles. The van der Waals surface area contributed by atoms with Crippen LogP contribution >= 0.6 is 11.3 Å². The van der Waals surface area contributed by atoms with Crippen molar-refractivity contribution in [3.63, 3.8) is 0 Å². The van der Waals surface area contributed by atoms with E-state index < -0.39 is 5.92 Å². The number of hydrogen-bond donors (Lipinski definition) is 1. The van der Waals surface area contributed by atoms with Gasteiger partial charge in [0.15, 0.2) is 5.13 Å². The van der Waals surface area contributed by atoms with Crippen molar-refractivity contribution in [3.05, 3.63) is 59.7 Å². The Balaban J connectivity index is 1.34. The summed E-state index contributed by atoms with van der Waals surface area (Å²) in [5.74, 6) is 0.228. The lowest BCUT2D eigenvalue weighted by molar-refractivity contribution is -0.128. The van der Waals surface area contributed by atoms with Crippen LogP contribution in [0.2, 0.25) is 0 Å². The number of pyridine rings is 1. The van der Waals surface area contributed by atoms with E-state index in [1.165, 1.54) is 11.3 Å². The summed E-state index contributed by atoms with van der Waals surface area (Å²) in [5.41, 5.74) is 2.56. The number of nitrogens with zero attached hydrogens (tertiary/aromatic N) is 3. The predicted octanol–water partition coefficient (Wildman–Crippen LogP) is 3.98. The third-order valence-corrected chi connectivity index (χ3v) is 5.78. The first-order valence-corrected chi connectivity index (χ1v) is 11.2. The summed E-state index contributed by atoms with van der Waals surface area (Å²) < 4.78 is 5.61. The van der Waals surface area contributed by atoms with Gasteiger partial charge in [-0.05, 0) is 42.8 Å². The molecule has 0 spiro atoms. The van der Waals surface area contributed by atoms with Crippen molar-refractivity contribution in [1.29, 1.82) is 0 Å². The minimum absolute atomic E-state index is 0.0315. The van der Waals surface area contributed by atoms with Gasteiger partial charge in [0.2, 0.25) is 11.8 Å². The van der Waals surface area contributed by atoms with E-state index >= 15 is 0 Å². The average molecular weight is 437 g/mol. The number of thiazole rings is 1. The lowest BCUT2D eigenvalue weighted by atomic mass is 10.1. The zero-order chi connectivity index (χ0) is 21.6. The summed E-state index contributed by atoms with van der Waals surface area (Å²) in [6, 6.07) is 13.3. The SMILES string of the molecule is CCCOc1ccc(-c2csc(NC(=O)C3CC(=O)N(Cc4ccccn4)C3)n2)cc1. The molecule has 7 nitrogen and oxygen atoms in total. The van der Waals surface area contributed by atoms with Crippen molar-refractivity contribution in [1.82, 2.24) is 14.9 Å². The first-order chi connectivity index (χ1) is 15.1. The molecule has 4 rings (SSSR count). The zero-order valence-corrected chi connectivity index (χ0v) is 18.1. The fraction of sp³-hybridized carbons (Fsp3) is 0.304. The van der Waals surface area contributed by atoms with E-state index in [2.05, 4.69) is 22.2 Å². The molecule has 1 saturated heterocycles. The highest BCUT2D eigenvalue weighted by atomic mass is 32.1. The number of rotatable bonds is 8. The zero-order valence-electron chi connectivity index (χ0n) is 17.3. The van der Waals surface area contributed by atoms with E-state index in [4.69, 9.17) is 4.74 Å². The van der Waals surface area contributed by atoms with Gasteiger partial charge >= 0.3 is 0 Å². The van der Waals surface area contributed by atoms with Crippen LogP contribution in [-0.2, 0) is 16.1 Å². The van der Waals surface area contributed by atoms with Crippen molar-refractivity contribution < 1.29 is 14.3 Å². The first kappa shape index (κ1) is 21.0. The Hall–Kier alpha value is -3.26. The summed E-state index contributed by atoms with van der Waals surface area (Å²) in [4.78, 5) is 35.5. The third-order valence-electron chi connectivity index (χ3n) is 5.02. The maximum absolute atomic E-state index is 12.7. The quantitative estimate of drug-likeness (QED) is 0.577. The molecule has 1 atom stereocenters. The van der Waals surface area contributed by atoms with Crippen LogP contribution in [-0.4, -0.2) is 39.8 Å². The van der Waals surface area contributed by atoms with E-state index in [0.717, 1.165) is 29.1 Å². The van der Waals surface area contributed by atoms with Gasteiger partial charge in [-0.2, -0.15) is 0 Å². The normalized spacial score (nSPS) is 15.8. The maximum Gasteiger partial charge on any atom is 0.231 e. The molecule has 3 heterocycles. The van der Waals surface area contributed by atoms with Crippen molar-refractivity contribution in [3.8, 4) is 17.0 Å². The molecule has 0 radical (unpaired) electrons. The Bertz CT molecular complexity index is 1040. The van der Waals surface area contributed by atoms with E-state index in [1.54, 1.807) is 11.1 Å². The van der Waals surface area contributed by atoms with Gasteiger partial charge < -0.3 is 15.0 Å². The van der Waals surface area contributed by atoms with Gasteiger partial charge in [0.1, 0.15) is 5.75 Å². The molecule has 8 heteroatoms. The van der Waals surface area contributed by atoms with Gasteiger partial charge in [0, 0.05) is 30.1 Å². The highest BCUT2D eigenvalue weighted by molar-refractivity contribution is 7.14. The molecule has 3 aromatic rings. The number of carbonyl (C=O) groups excluding carboxylic acids is 2. The van der Waals surface area contributed by atoms with Gasteiger partial charge in [0.05, 0.1) is 30.5 Å². The number of hydrogen-bond acceptors (Lipinski definition) is 6. The van der Waals surface area contributed by atoms with Gasteiger partial charge in [-0.1, -0.05) is 13.0 Å². The van der Waals surface area contributed by atoms with Gasteiger partial charge in [-0.3, -0.25) is 14.6 Å². The second kappa shape index (κ2) is 9.70. The van der Waals surface area contributed by atoms with Gasteiger partial charge in [0.25, 0.3) is 0 Å².